The zero-order valence-electron chi connectivity index (χ0n) is 67.9. The van der Waals surface area contributed by atoms with Crippen LogP contribution in [0.25, 0.3) is 6.08 Å². The van der Waals surface area contributed by atoms with E-state index < -0.39 is 0 Å². The number of fused-ring (bicyclic) bond motifs is 3. The Labute approximate surface area is 701 Å². The van der Waals surface area contributed by atoms with Gasteiger partial charge in [-0.2, -0.15) is 0 Å². The summed E-state index contributed by atoms with van der Waals surface area (Å²) in [6.07, 6.45) is 26.5. The molecule has 11 aromatic carbocycles. The van der Waals surface area contributed by atoms with Crippen LogP contribution in [0.3, 0.4) is 0 Å². The number of benzene rings is 11. The minimum absolute atomic E-state index is 0.153. The molecule has 0 aliphatic carbocycles. The number of nitrogens with zero attached hydrogens (tertiary/aromatic N) is 6. The van der Waals surface area contributed by atoms with Crippen LogP contribution in [0, 0.1) is 17.5 Å². The summed E-state index contributed by atoms with van der Waals surface area (Å²) in [7, 11) is 0. The maximum atomic E-state index is 13.8. The largest absolute Gasteiger partial charge is 0.508 e. The second kappa shape index (κ2) is 42.8. The Hall–Kier alpha value is -10.2. The molecule has 3 unspecified atom stereocenters. The minimum atomic E-state index is -0.210. The van der Waals surface area contributed by atoms with E-state index in [1.54, 1.807) is 30.3 Å². The first-order chi connectivity index (χ1) is 57.4. The van der Waals surface area contributed by atoms with Gasteiger partial charge in [-0.3, -0.25) is 9.80 Å². The lowest BCUT2D eigenvalue weighted by Gasteiger charge is -2.39. The summed E-state index contributed by atoms with van der Waals surface area (Å²) in [5.41, 5.74) is 19.7. The van der Waals surface area contributed by atoms with Gasteiger partial charge >= 0.3 is 0 Å². The zero-order chi connectivity index (χ0) is 80.3. The first kappa shape index (κ1) is 83.3. The van der Waals surface area contributed by atoms with Crippen molar-refractivity contribution >= 4 is 39.1 Å². The average molecular weight is 1630 g/mol. The van der Waals surface area contributed by atoms with E-state index in [0.29, 0.717) is 19.0 Å². The van der Waals surface area contributed by atoms with Crippen LogP contribution in [0.4, 0.5) is 30.2 Å². The second-order valence-corrected chi connectivity index (χ2v) is 33.1. The van der Waals surface area contributed by atoms with Crippen molar-refractivity contribution in [3.05, 3.63) is 374 Å². The van der Waals surface area contributed by atoms with E-state index in [2.05, 4.69) is 204 Å². The summed E-state index contributed by atoms with van der Waals surface area (Å²) in [6.45, 7) is 18.3. The van der Waals surface area contributed by atoms with E-state index in [1.807, 2.05) is 84.9 Å². The van der Waals surface area contributed by atoms with Gasteiger partial charge in [-0.15, -0.1) is 6.58 Å². The number of phenols is 1. The number of halogens is 4. The predicted molar refractivity (Wildman–Crippen MR) is 480 cm³/mol. The standard InChI is InChI=1S/C37H39FN2O.C30H35FN2O.C29H25BrFNO.C8H15N/c38-33-15-17-34(18-16-33)40-25-21-32-27-35(41-28-31-8-3-1-4-9-31)19-20-36(32)37(40)26-30-13-11-29(12-14-30)10-7-24-39-22-5-2-6-23-39;31-26-10-12-27(13-11-26)33-20-16-25-22-28(34)14-15-29(25)30(33)21-24-8-6-23(7-9-24)5-4-19-32-17-2-1-3-18-32;30-24-8-6-21(7-9-24)18-29-28-15-14-27(33-20-22-4-2-1-3-5-22)19-23(28)16-17-32(29)26-12-10-25(31)11-13-26;1-2-6-9-7-4-3-5-8-9/h1,3-4,7-20,27,37H,2,5-6,21-26,28H2;6-15,22,30,34H,1-5,16-21H2;1-15,19,29H,16-18,20H2;2H,1,3-8H2/b10-7+;;;. The molecule has 3 atom stereocenters. The topological polar surface area (TPSA) is 58.1 Å². The molecule has 6 aliphatic heterocycles. The van der Waals surface area contributed by atoms with Crippen LogP contribution in [0.15, 0.2) is 284 Å². The van der Waals surface area contributed by atoms with Crippen LogP contribution in [0.1, 0.15) is 155 Å². The zero-order valence-corrected chi connectivity index (χ0v) is 69.5. The molecule has 0 amide bonds. The van der Waals surface area contributed by atoms with E-state index in [4.69, 9.17) is 9.47 Å². The van der Waals surface area contributed by atoms with Crippen molar-refractivity contribution < 1.29 is 27.8 Å². The molecule has 0 bridgehead atoms. The number of aryl methyl sites for hydroxylation is 1. The molecule has 0 spiro atoms. The molecule has 1 N–H and O–H groups in total. The van der Waals surface area contributed by atoms with Crippen LogP contribution in [0.5, 0.6) is 17.2 Å². The van der Waals surface area contributed by atoms with Crippen molar-refractivity contribution in [2.75, 3.05) is 93.2 Å². The lowest BCUT2D eigenvalue weighted by Crippen LogP contribution is -2.36. The van der Waals surface area contributed by atoms with Gasteiger partial charge in [-0.1, -0.05) is 193 Å². The number of hydrogen-bond donors (Lipinski definition) is 1. The number of piperidine rings is 3. The van der Waals surface area contributed by atoms with Gasteiger partial charge in [0.1, 0.15) is 47.9 Å². The molecule has 6 heterocycles. The summed E-state index contributed by atoms with van der Waals surface area (Å²) in [5, 5.41) is 10.0. The SMILES string of the molecule is C=CCN1CCCCC1.Fc1ccc(N2CCc3cc(OCc4ccccc4)ccc3C2Cc2ccc(/C=C/CN3CCCCC3)cc2)cc1.Fc1ccc(N2CCc3cc(OCc4ccccc4)ccc3C2Cc2ccc(Br)cc2)cc1.Oc1ccc2c(c1)CCN(c1ccc(F)cc1)C2Cc1ccc(CCCN2CCCCC2)cc1. The van der Waals surface area contributed by atoms with Crippen LogP contribution < -0.4 is 24.2 Å². The third kappa shape index (κ3) is 24.3. The Bertz CT molecular complexity index is 4880. The van der Waals surface area contributed by atoms with Gasteiger partial charge in [0.05, 0.1) is 18.1 Å². The van der Waals surface area contributed by atoms with Crippen molar-refractivity contribution in [2.45, 2.75) is 140 Å². The van der Waals surface area contributed by atoms with E-state index in [-0.39, 0.29) is 35.6 Å². The lowest BCUT2D eigenvalue weighted by atomic mass is 9.88. The maximum absolute atomic E-state index is 13.8. The van der Waals surface area contributed by atoms with Crippen molar-refractivity contribution in [3.63, 3.8) is 0 Å². The molecular weight excluding hydrogens is 1520 g/mol. The maximum Gasteiger partial charge on any atom is 0.123 e. The van der Waals surface area contributed by atoms with Gasteiger partial charge in [-0.05, 0) is 329 Å². The highest BCUT2D eigenvalue weighted by molar-refractivity contribution is 9.10. The molecule has 13 heteroatoms. The molecule has 17 rings (SSSR count). The van der Waals surface area contributed by atoms with Crippen LogP contribution in [-0.2, 0) is 58.2 Å². The molecular formula is C104H114BrF3N6O3. The first-order valence-corrected chi connectivity index (χ1v) is 43.6. The van der Waals surface area contributed by atoms with E-state index in [9.17, 15) is 18.3 Å². The summed E-state index contributed by atoms with van der Waals surface area (Å²) in [4.78, 5) is 14.8. The predicted octanol–water partition coefficient (Wildman–Crippen LogP) is 23.7. The molecule has 3 saturated heterocycles. The second-order valence-electron chi connectivity index (χ2n) is 32.2. The van der Waals surface area contributed by atoms with Gasteiger partial charge in [0.25, 0.3) is 0 Å². The number of phenolic OH excluding ortho intramolecular Hbond substituents is 1. The normalized spacial score (nSPS) is 17.5. The Balaban J connectivity index is 0.000000138. The highest BCUT2D eigenvalue weighted by Crippen LogP contribution is 2.42. The van der Waals surface area contributed by atoms with Gasteiger partial charge in [-0.25, -0.2) is 13.2 Å². The number of hydrogen-bond acceptors (Lipinski definition) is 9. The molecule has 0 aromatic heterocycles. The summed E-state index contributed by atoms with van der Waals surface area (Å²) >= 11 is 3.53. The minimum Gasteiger partial charge on any atom is -0.508 e. The third-order valence-corrected chi connectivity index (χ3v) is 24.5. The highest BCUT2D eigenvalue weighted by atomic mass is 79.9. The fourth-order valence-corrected chi connectivity index (χ4v) is 17.9. The Morgan fingerprint density at radius 3 is 1.18 bits per heavy atom. The Morgan fingerprint density at radius 1 is 0.376 bits per heavy atom. The monoisotopic (exact) mass is 1630 g/mol. The van der Waals surface area contributed by atoms with Crippen molar-refractivity contribution in [2.24, 2.45) is 0 Å². The number of rotatable bonds is 24. The van der Waals surface area contributed by atoms with Crippen LogP contribution >= 0.6 is 15.9 Å². The molecule has 117 heavy (non-hydrogen) atoms. The molecule has 3 fully saturated rings. The lowest BCUT2D eigenvalue weighted by molar-refractivity contribution is 0.226. The number of anilines is 3. The van der Waals surface area contributed by atoms with Gasteiger partial charge in [0.2, 0.25) is 0 Å². The van der Waals surface area contributed by atoms with Crippen molar-refractivity contribution in [1.29, 1.82) is 0 Å². The molecule has 9 nitrogen and oxygen atoms in total. The van der Waals surface area contributed by atoms with Crippen LogP contribution in [0.2, 0.25) is 0 Å². The highest BCUT2D eigenvalue weighted by Gasteiger charge is 2.32. The Morgan fingerprint density at radius 2 is 0.752 bits per heavy atom. The smallest absolute Gasteiger partial charge is 0.123 e. The first-order valence-electron chi connectivity index (χ1n) is 42.8. The van der Waals surface area contributed by atoms with Gasteiger partial charge in [0.15, 0.2) is 0 Å². The summed E-state index contributed by atoms with van der Waals surface area (Å²) in [6, 6.07) is 86.9. The fourth-order valence-electron chi connectivity index (χ4n) is 17.6. The number of likely N-dealkylation sites (tertiary alicyclic amines) is 3. The average Bonchev–Trinajstić information content (AvgIpc) is 0.788. The quantitative estimate of drug-likeness (QED) is 0.0596. The molecule has 0 saturated carbocycles. The molecule has 6 aliphatic rings. The van der Waals surface area contributed by atoms with Crippen molar-refractivity contribution in [3.8, 4) is 17.2 Å². The number of aromatic hydroxyl groups is 1. The van der Waals surface area contributed by atoms with Crippen LogP contribution in [-0.4, -0.2) is 98.3 Å². The van der Waals surface area contributed by atoms with E-state index >= 15 is 0 Å². The van der Waals surface area contributed by atoms with Crippen molar-refractivity contribution in [1.82, 2.24) is 14.7 Å². The Kier molecular flexibility index (Phi) is 30.5. The van der Waals surface area contributed by atoms with E-state index in [0.717, 1.165) is 122 Å². The van der Waals surface area contributed by atoms with Gasteiger partial charge in [0, 0.05) is 54.3 Å². The fraction of sp³-hybridized carbons (Fsp3) is 0.327. The molecule has 11 aromatic rings. The number of ether oxygens (including phenoxy) is 2. The van der Waals surface area contributed by atoms with Gasteiger partial charge < -0.3 is 34.2 Å². The summed E-state index contributed by atoms with van der Waals surface area (Å²) < 4.78 is 54.2. The molecule has 606 valence electrons. The summed E-state index contributed by atoms with van der Waals surface area (Å²) in [5.74, 6) is 1.50. The third-order valence-electron chi connectivity index (χ3n) is 23.9. The van der Waals surface area contributed by atoms with E-state index in [1.165, 1.54) is 183 Å². The molecule has 0 radical (unpaired) electrons.